The second-order valence-electron chi connectivity index (χ2n) is 4.37. The molecule has 0 radical (unpaired) electrons. The van der Waals surface area contributed by atoms with Crippen LogP contribution in [0.25, 0.3) is 0 Å². The van der Waals surface area contributed by atoms with Crippen LogP contribution in [-0.2, 0) is 9.53 Å². The molecule has 108 valence electrons. The van der Waals surface area contributed by atoms with E-state index in [1.165, 1.54) is 17.4 Å². The molecule has 21 heavy (non-hydrogen) atoms. The number of hydrogen-bond acceptors (Lipinski definition) is 6. The van der Waals surface area contributed by atoms with E-state index in [9.17, 15) is 10.1 Å². The lowest BCUT2D eigenvalue weighted by atomic mass is 9.87. The number of nitrogens with one attached hydrogen (secondary N) is 1. The summed E-state index contributed by atoms with van der Waals surface area (Å²) in [5.41, 5.74) is 1.50. The summed E-state index contributed by atoms with van der Waals surface area (Å²) in [7, 11) is 0. The van der Waals surface area contributed by atoms with Gasteiger partial charge in [0.05, 0.1) is 28.2 Å². The highest BCUT2D eigenvalue weighted by Crippen LogP contribution is 2.40. The van der Waals surface area contributed by atoms with E-state index in [1.807, 2.05) is 17.5 Å². The van der Waals surface area contributed by atoms with Crippen LogP contribution in [-0.4, -0.2) is 12.6 Å². The lowest BCUT2D eigenvalue weighted by Gasteiger charge is -2.26. The van der Waals surface area contributed by atoms with E-state index in [2.05, 4.69) is 30.6 Å². The molecular formula is C15H14N2O2S2. The number of nitriles is 1. The zero-order valence-corrected chi connectivity index (χ0v) is 13.1. The first kappa shape index (κ1) is 15.4. The minimum absolute atomic E-state index is 0.131. The normalized spacial score (nSPS) is 18.0. The molecule has 0 fully saturated rings. The zero-order valence-electron chi connectivity index (χ0n) is 11.4. The second-order valence-corrected chi connectivity index (χ2v) is 5.80. The molecule has 0 amide bonds. The van der Waals surface area contributed by atoms with E-state index in [0.29, 0.717) is 21.9 Å². The predicted octanol–water partition coefficient (Wildman–Crippen LogP) is 3.10. The molecule has 0 bridgehead atoms. The summed E-state index contributed by atoms with van der Waals surface area (Å²) >= 11 is 5.80. The molecule has 2 rings (SSSR count). The van der Waals surface area contributed by atoms with Crippen LogP contribution in [0.1, 0.15) is 17.7 Å². The third-order valence-corrected chi connectivity index (χ3v) is 4.33. The highest BCUT2D eigenvalue weighted by atomic mass is 32.1. The highest BCUT2D eigenvalue weighted by Gasteiger charge is 2.35. The van der Waals surface area contributed by atoms with E-state index in [1.54, 1.807) is 6.92 Å². The van der Waals surface area contributed by atoms with Crippen LogP contribution in [0.15, 0.2) is 52.0 Å². The van der Waals surface area contributed by atoms with Crippen LogP contribution in [0.2, 0.25) is 0 Å². The van der Waals surface area contributed by atoms with Crippen LogP contribution in [0.4, 0.5) is 0 Å². The number of carbonyl (C=O) groups excluding carboxylic acids is 1. The van der Waals surface area contributed by atoms with Gasteiger partial charge in [-0.05, 0) is 18.4 Å². The molecule has 0 saturated carbocycles. The van der Waals surface area contributed by atoms with Crippen LogP contribution < -0.4 is 5.32 Å². The Kier molecular flexibility index (Phi) is 4.89. The van der Waals surface area contributed by atoms with Crippen molar-refractivity contribution in [3.63, 3.8) is 0 Å². The van der Waals surface area contributed by atoms with Gasteiger partial charge in [-0.25, -0.2) is 4.79 Å². The van der Waals surface area contributed by atoms with Gasteiger partial charge in [-0.1, -0.05) is 18.7 Å². The lowest BCUT2D eigenvalue weighted by Crippen LogP contribution is -2.27. The quantitative estimate of drug-likeness (QED) is 0.509. The third-order valence-electron chi connectivity index (χ3n) is 3.04. The molecular weight excluding hydrogens is 304 g/mol. The van der Waals surface area contributed by atoms with E-state index in [-0.39, 0.29) is 6.61 Å². The van der Waals surface area contributed by atoms with Gasteiger partial charge in [-0.15, -0.1) is 24.0 Å². The van der Waals surface area contributed by atoms with Crippen molar-refractivity contribution in [1.82, 2.24) is 5.32 Å². The van der Waals surface area contributed by atoms with E-state index in [4.69, 9.17) is 4.74 Å². The molecule has 1 aromatic rings. The van der Waals surface area contributed by atoms with Crippen molar-refractivity contribution in [2.75, 3.05) is 6.61 Å². The number of dihydropyridines is 1. The molecule has 1 aromatic heterocycles. The maximum atomic E-state index is 12.3. The highest BCUT2D eigenvalue weighted by molar-refractivity contribution is 7.84. The van der Waals surface area contributed by atoms with Crippen molar-refractivity contribution in [3.05, 3.63) is 56.9 Å². The number of carbonyl (C=O) groups is 1. The Morgan fingerprint density at radius 2 is 2.48 bits per heavy atom. The Hall–Kier alpha value is -1.97. The number of rotatable bonds is 4. The Morgan fingerprint density at radius 3 is 3.05 bits per heavy atom. The van der Waals surface area contributed by atoms with Gasteiger partial charge in [0.2, 0.25) is 0 Å². The molecule has 0 saturated heterocycles. The van der Waals surface area contributed by atoms with Crippen molar-refractivity contribution in [1.29, 1.82) is 5.26 Å². The Labute approximate surface area is 132 Å². The summed E-state index contributed by atoms with van der Waals surface area (Å²) in [6.07, 6.45) is 1.51. The maximum Gasteiger partial charge on any atom is 0.337 e. The number of thiol groups is 1. The third kappa shape index (κ3) is 3.04. The molecule has 1 N–H and O–H groups in total. The van der Waals surface area contributed by atoms with Gasteiger partial charge in [0.15, 0.2) is 0 Å². The summed E-state index contributed by atoms with van der Waals surface area (Å²) in [6, 6.07) is 5.92. The molecule has 6 heteroatoms. The molecule has 0 aliphatic carbocycles. The topological polar surface area (TPSA) is 62.1 Å². The van der Waals surface area contributed by atoms with Gasteiger partial charge in [-0.3, -0.25) is 0 Å². The summed E-state index contributed by atoms with van der Waals surface area (Å²) in [6.45, 7) is 5.43. The molecule has 0 spiro atoms. The molecule has 0 unspecified atom stereocenters. The zero-order chi connectivity index (χ0) is 15.4. The number of nitrogens with zero attached hydrogens (tertiary/aromatic N) is 1. The Balaban J connectivity index is 2.49. The first-order valence-corrected chi connectivity index (χ1v) is 7.55. The average molecular weight is 318 g/mol. The fourth-order valence-electron chi connectivity index (χ4n) is 2.15. The van der Waals surface area contributed by atoms with Gasteiger partial charge < -0.3 is 10.1 Å². The smallest absolute Gasteiger partial charge is 0.337 e. The summed E-state index contributed by atoms with van der Waals surface area (Å²) in [5.74, 6) is -0.895. The first-order chi connectivity index (χ1) is 10.1. The second kappa shape index (κ2) is 6.66. The van der Waals surface area contributed by atoms with Crippen LogP contribution in [0.3, 0.4) is 0 Å². The minimum Gasteiger partial charge on any atom is -0.458 e. The van der Waals surface area contributed by atoms with Crippen molar-refractivity contribution >= 4 is 29.9 Å². The van der Waals surface area contributed by atoms with E-state index < -0.39 is 11.9 Å². The Bertz CT molecular complexity index is 666. The fourth-order valence-corrected chi connectivity index (χ4v) is 3.34. The fraction of sp³-hybridized carbons (Fsp3) is 0.200. The lowest BCUT2D eigenvalue weighted by molar-refractivity contribution is -0.138. The summed E-state index contributed by atoms with van der Waals surface area (Å²) in [5, 5.41) is 14.7. The Morgan fingerprint density at radius 1 is 1.71 bits per heavy atom. The molecule has 0 aromatic carbocycles. The van der Waals surface area contributed by atoms with Crippen LogP contribution in [0, 0.1) is 11.3 Å². The van der Waals surface area contributed by atoms with Gasteiger partial charge in [-0.2, -0.15) is 5.26 Å². The first-order valence-electron chi connectivity index (χ1n) is 6.22. The summed E-state index contributed by atoms with van der Waals surface area (Å²) in [4.78, 5) is 13.2. The maximum absolute atomic E-state index is 12.3. The molecule has 2 heterocycles. The number of allylic oxidation sites excluding steroid dienone is 2. The van der Waals surface area contributed by atoms with Gasteiger partial charge in [0, 0.05) is 10.6 Å². The van der Waals surface area contributed by atoms with Gasteiger partial charge >= 0.3 is 5.97 Å². The monoisotopic (exact) mass is 318 g/mol. The molecule has 4 nitrogen and oxygen atoms in total. The average Bonchev–Trinajstić information content (AvgIpc) is 2.97. The van der Waals surface area contributed by atoms with Crippen molar-refractivity contribution in [2.45, 2.75) is 12.8 Å². The number of ether oxygens (including phenoxy) is 1. The van der Waals surface area contributed by atoms with Crippen molar-refractivity contribution in [3.8, 4) is 6.07 Å². The molecule has 1 aliphatic heterocycles. The number of thiophene rings is 1. The molecule has 1 atom stereocenters. The van der Waals surface area contributed by atoms with Gasteiger partial charge in [0.1, 0.15) is 6.61 Å². The number of esters is 1. The van der Waals surface area contributed by atoms with Crippen LogP contribution >= 0.6 is 24.0 Å². The van der Waals surface area contributed by atoms with Crippen molar-refractivity contribution in [2.24, 2.45) is 0 Å². The number of hydrogen-bond donors (Lipinski definition) is 2. The van der Waals surface area contributed by atoms with Crippen molar-refractivity contribution < 1.29 is 9.53 Å². The van der Waals surface area contributed by atoms with E-state index in [0.717, 1.165) is 4.88 Å². The van der Waals surface area contributed by atoms with Crippen LogP contribution in [0.5, 0.6) is 0 Å². The van der Waals surface area contributed by atoms with Gasteiger partial charge in [0.25, 0.3) is 0 Å². The SMILES string of the molecule is C=CCOC(=O)C1=C(C)NC(S)=C(C#N)[C@@H]1c1cccs1. The summed E-state index contributed by atoms with van der Waals surface area (Å²) < 4.78 is 5.15. The standard InChI is InChI=1S/C15H14N2O2S2/c1-3-6-19-15(18)12-9(2)17-14(20)10(8-16)13(12)11-5-4-7-21-11/h3-5,7,13,17,20H,1,6H2,2H3/t13-/m1/s1. The predicted molar refractivity (Wildman–Crippen MR) is 85.7 cm³/mol. The minimum atomic E-state index is -0.452. The largest absolute Gasteiger partial charge is 0.458 e. The molecule has 1 aliphatic rings. The van der Waals surface area contributed by atoms with E-state index >= 15 is 0 Å².